The number of nitrogens with zero attached hydrogens (tertiary/aromatic N) is 1. The molecule has 0 atom stereocenters. The fourth-order valence-corrected chi connectivity index (χ4v) is 2.50. The summed E-state index contributed by atoms with van der Waals surface area (Å²) in [5.41, 5.74) is 0.601. The van der Waals surface area contributed by atoms with Crippen molar-refractivity contribution in [3.05, 3.63) is 57.1 Å². The van der Waals surface area contributed by atoms with Gasteiger partial charge in [0.2, 0.25) is 0 Å². The molecule has 28 heavy (non-hydrogen) atoms. The van der Waals surface area contributed by atoms with Gasteiger partial charge in [-0.1, -0.05) is 17.7 Å². The van der Waals surface area contributed by atoms with Crippen molar-refractivity contribution in [3.63, 3.8) is 0 Å². The van der Waals surface area contributed by atoms with Gasteiger partial charge < -0.3 is 20.1 Å². The quantitative estimate of drug-likeness (QED) is 0.413. The first-order valence-electron chi connectivity index (χ1n) is 8.09. The Morgan fingerprint density at radius 2 is 1.79 bits per heavy atom. The molecule has 2 N–H and O–H groups in total. The molecule has 0 aliphatic carbocycles. The molecule has 0 fully saturated rings. The number of nitrogens with one attached hydrogen (secondary N) is 2. The van der Waals surface area contributed by atoms with Crippen molar-refractivity contribution in [2.75, 3.05) is 26.1 Å². The highest BCUT2D eigenvalue weighted by molar-refractivity contribution is 6.41. The number of anilines is 1. The number of amides is 2. The number of rotatable bonds is 7. The molecule has 0 heterocycles. The summed E-state index contributed by atoms with van der Waals surface area (Å²) in [6.45, 7) is 0.199. The normalized spacial score (nSPS) is 10.1. The Kier molecular flexibility index (Phi) is 7.16. The molecule has 0 saturated carbocycles. The third-order valence-corrected chi connectivity index (χ3v) is 4.09. The van der Waals surface area contributed by atoms with Crippen LogP contribution in [0.1, 0.15) is 5.56 Å². The van der Waals surface area contributed by atoms with Gasteiger partial charge in [0.25, 0.3) is 5.69 Å². The lowest BCUT2D eigenvalue weighted by molar-refractivity contribution is -0.384. The Hall–Kier alpha value is -3.33. The summed E-state index contributed by atoms with van der Waals surface area (Å²) in [6.07, 6.45) is 0.455. The maximum absolute atomic E-state index is 12.0. The molecule has 2 rings (SSSR count). The van der Waals surface area contributed by atoms with Crippen LogP contribution in [0.15, 0.2) is 36.4 Å². The summed E-state index contributed by atoms with van der Waals surface area (Å²) in [6, 6.07) is 8.87. The van der Waals surface area contributed by atoms with Crippen LogP contribution in [0.2, 0.25) is 5.02 Å². The van der Waals surface area contributed by atoms with E-state index in [1.54, 1.807) is 12.1 Å². The average Bonchev–Trinajstić information content (AvgIpc) is 2.69. The van der Waals surface area contributed by atoms with Crippen molar-refractivity contribution in [1.82, 2.24) is 5.32 Å². The highest BCUT2D eigenvalue weighted by atomic mass is 35.5. The van der Waals surface area contributed by atoms with Gasteiger partial charge in [0, 0.05) is 18.7 Å². The third-order valence-electron chi connectivity index (χ3n) is 3.76. The second kappa shape index (κ2) is 9.56. The highest BCUT2D eigenvalue weighted by Gasteiger charge is 2.17. The molecule has 0 aliphatic rings. The molecule has 9 nitrogen and oxygen atoms in total. The summed E-state index contributed by atoms with van der Waals surface area (Å²) in [4.78, 5) is 34.1. The van der Waals surface area contributed by atoms with Gasteiger partial charge in [-0.25, -0.2) is 0 Å². The lowest BCUT2D eigenvalue weighted by Gasteiger charge is -2.10. The molecular weight excluding hydrogens is 390 g/mol. The summed E-state index contributed by atoms with van der Waals surface area (Å²) < 4.78 is 10.4. The van der Waals surface area contributed by atoms with Crippen molar-refractivity contribution in [2.24, 2.45) is 0 Å². The minimum Gasteiger partial charge on any atom is -0.493 e. The Bertz CT molecular complexity index is 903. The standard InChI is InChI=1S/C18H18ClN3O6/c1-27-15-6-3-11(9-16(15)28-2)7-8-20-17(23)18(24)21-14-10-12(22(25)26)4-5-13(14)19/h3-6,9-10H,7-8H2,1-2H3,(H,20,23)(H,21,24). The van der Waals surface area contributed by atoms with Crippen LogP contribution in [0.25, 0.3) is 0 Å². The van der Waals surface area contributed by atoms with E-state index in [1.165, 1.54) is 26.4 Å². The van der Waals surface area contributed by atoms with Crippen LogP contribution in [0.5, 0.6) is 11.5 Å². The maximum atomic E-state index is 12.0. The topological polar surface area (TPSA) is 120 Å². The van der Waals surface area contributed by atoms with E-state index in [4.69, 9.17) is 21.1 Å². The fourth-order valence-electron chi connectivity index (χ4n) is 2.34. The maximum Gasteiger partial charge on any atom is 0.313 e. The van der Waals surface area contributed by atoms with E-state index in [0.717, 1.165) is 11.6 Å². The van der Waals surface area contributed by atoms with E-state index in [1.807, 2.05) is 6.07 Å². The zero-order valence-electron chi connectivity index (χ0n) is 15.2. The number of nitro groups is 1. The molecule has 0 unspecified atom stereocenters. The van der Waals surface area contributed by atoms with Crippen molar-refractivity contribution in [3.8, 4) is 11.5 Å². The van der Waals surface area contributed by atoms with E-state index in [9.17, 15) is 19.7 Å². The van der Waals surface area contributed by atoms with Crippen LogP contribution in [-0.4, -0.2) is 37.5 Å². The minimum atomic E-state index is -0.977. The average molecular weight is 408 g/mol. The van der Waals surface area contributed by atoms with Crippen molar-refractivity contribution in [2.45, 2.75) is 6.42 Å². The van der Waals surface area contributed by atoms with Crippen LogP contribution in [0.3, 0.4) is 0 Å². The first kappa shape index (κ1) is 21.0. The van der Waals surface area contributed by atoms with E-state index in [2.05, 4.69) is 10.6 Å². The predicted octanol–water partition coefficient (Wildman–Crippen LogP) is 2.56. The van der Waals surface area contributed by atoms with Gasteiger partial charge in [-0.3, -0.25) is 19.7 Å². The van der Waals surface area contributed by atoms with Crippen LogP contribution in [-0.2, 0) is 16.0 Å². The van der Waals surface area contributed by atoms with Crippen molar-refractivity contribution >= 4 is 34.8 Å². The van der Waals surface area contributed by atoms with Gasteiger partial charge in [0.15, 0.2) is 11.5 Å². The monoisotopic (exact) mass is 407 g/mol. The van der Waals surface area contributed by atoms with Gasteiger partial charge in [-0.15, -0.1) is 0 Å². The van der Waals surface area contributed by atoms with Gasteiger partial charge >= 0.3 is 11.8 Å². The molecule has 148 valence electrons. The summed E-state index contributed by atoms with van der Waals surface area (Å²) >= 11 is 5.90. The van der Waals surface area contributed by atoms with Gasteiger partial charge in [0.1, 0.15) is 0 Å². The Balaban J connectivity index is 1.92. The molecule has 2 amide bonds. The lowest BCUT2D eigenvalue weighted by Crippen LogP contribution is -2.36. The first-order chi connectivity index (χ1) is 13.3. The van der Waals surface area contributed by atoms with E-state index in [-0.39, 0.29) is 22.9 Å². The number of halogens is 1. The zero-order chi connectivity index (χ0) is 20.7. The van der Waals surface area contributed by atoms with E-state index in [0.29, 0.717) is 17.9 Å². The van der Waals surface area contributed by atoms with E-state index < -0.39 is 16.7 Å². The second-order valence-electron chi connectivity index (χ2n) is 5.57. The third kappa shape index (κ3) is 5.34. The zero-order valence-corrected chi connectivity index (χ0v) is 15.9. The first-order valence-corrected chi connectivity index (χ1v) is 8.47. The number of hydrogen-bond donors (Lipinski definition) is 2. The molecule has 0 saturated heterocycles. The van der Waals surface area contributed by atoms with Crippen LogP contribution >= 0.6 is 11.6 Å². The number of ether oxygens (including phenoxy) is 2. The van der Waals surface area contributed by atoms with Crippen LogP contribution in [0, 0.1) is 10.1 Å². The largest absolute Gasteiger partial charge is 0.493 e. The number of hydrogen-bond acceptors (Lipinski definition) is 6. The Labute approximate surface area is 165 Å². The summed E-state index contributed by atoms with van der Waals surface area (Å²) in [7, 11) is 3.05. The Morgan fingerprint density at radius 3 is 2.43 bits per heavy atom. The predicted molar refractivity (Wildman–Crippen MR) is 103 cm³/mol. The number of methoxy groups -OCH3 is 2. The SMILES string of the molecule is COc1ccc(CCNC(=O)C(=O)Nc2cc([N+](=O)[O-])ccc2Cl)cc1OC. The molecule has 0 aliphatic heterocycles. The Morgan fingerprint density at radius 1 is 1.07 bits per heavy atom. The van der Waals surface area contributed by atoms with Crippen LogP contribution < -0.4 is 20.1 Å². The molecule has 2 aromatic rings. The number of carbonyl (C=O) groups is 2. The molecule has 0 bridgehead atoms. The number of non-ortho nitro benzene ring substituents is 1. The van der Waals surface area contributed by atoms with Crippen molar-refractivity contribution in [1.29, 1.82) is 0 Å². The number of carbonyl (C=O) groups excluding carboxylic acids is 2. The highest BCUT2D eigenvalue weighted by Crippen LogP contribution is 2.28. The number of nitro benzene ring substituents is 1. The van der Waals surface area contributed by atoms with Gasteiger partial charge in [-0.2, -0.15) is 0 Å². The molecule has 0 aromatic heterocycles. The van der Waals surface area contributed by atoms with Gasteiger partial charge in [0.05, 0.1) is 29.9 Å². The van der Waals surface area contributed by atoms with Gasteiger partial charge in [-0.05, 0) is 30.2 Å². The lowest BCUT2D eigenvalue weighted by atomic mass is 10.1. The molecule has 10 heteroatoms. The summed E-state index contributed by atoms with van der Waals surface area (Å²) in [5.74, 6) is -0.717. The second-order valence-corrected chi connectivity index (χ2v) is 5.98. The molecule has 2 aromatic carbocycles. The number of benzene rings is 2. The van der Waals surface area contributed by atoms with Crippen LogP contribution in [0.4, 0.5) is 11.4 Å². The molecular formula is C18H18ClN3O6. The molecule has 0 spiro atoms. The molecule has 0 radical (unpaired) electrons. The fraction of sp³-hybridized carbons (Fsp3) is 0.222. The minimum absolute atomic E-state index is 0.0177. The smallest absolute Gasteiger partial charge is 0.313 e. The summed E-state index contributed by atoms with van der Waals surface area (Å²) in [5, 5.41) is 15.6. The van der Waals surface area contributed by atoms with E-state index >= 15 is 0 Å². The van der Waals surface area contributed by atoms with Crippen molar-refractivity contribution < 1.29 is 24.0 Å².